The molecule has 0 aromatic heterocycles. The van der Waals surface area contributed by atoms with Gasteiger partial charge in [0.2, 0.25) is 0 Å². The van der Waals surface area contributed by atoms with E-state index >= 15 is 0 Å². The van der Waals surface area contributed by atoms with Crippen molar-refractivity contribution >= 4 is 17.9 Å². The Balaban J connectivity index is 2.54. The highest BCUT2D eigenvalue weighted by molar-refractivity contribution is 7.97. The Bertz CT molecular complexity index is 327. The van der Waals surface area contributed by atoms with Crippen LogP contribution >= 0.6 is 11.9 Å². The van der Waals surface area contributed by atoms with Crippen molar-refractivity contribution in [1.29, 1.82) is 0 Å². The summed E-state index contributed by atoms with van der Waals surface area (Å²) >= 11 is 1.45. The quantitative estimate of drug-likeness (QED) is 0.633. The summed E-state index contributed by atoms with van der Waals surface area (Å²) in [6.45, 7) is 3.97. The van der Waals surface area contributed by atoms with Gasteiger partial charge in [0.05, 0.1) is 7.11 Å². The average molecular weight is 239 g/mol. The Morgan fingerprint density at radius 1 is 1.31 bits per heavy atom. The zero-order valence-electron chi connectivity index (χ0n) is 9.77. The molecule has 0 amide bonds. The van der Waals surface area contributed by atoms with Crippen molar-refractivity contribution in [3.63, 3.8) is 0 Å². The molecule has 3 nitrogen and oxygen atoms in total. The summed E-state index contributed by atoms with van der Waals surface area (Å²) in [5.74, 6) is -0.0258. The van der Waals surface area contributed by atoms with Gasteiger partial charge in [-0.05, 0) is 30.0 Å². The molecule has 1 aromatic rings. The van der Waals surface area contributed by atoms with E-state index in [4.69, 9.17) is 4.74 Å². The van der Waals surface area contributed by atoms with Crippen LogP contribution in [0.15, 0.2) is 35.2 Å². The van der Waals surface area contributed by atoms with Crippen molar-refractivity contribution in [3.05, 3.63) is 30.3 Å². The predicted molar refractivity (Wildman–Crippen MR) is 66.1 cm³/mol. The highest BCUT2D eigenvalue weighted by atomic mass is 32.2. The first-order valence-electron chi connectivity index (χ1n) is 5.20. The lowest BCUT2D eigenvalue weighted by molar-refractivity contribution is -0.143. The van der Waals surface area contributed by atoms with Crippen molar-refractivity contribution in [2.45, 2.75) is 24.8 Å². The van der Waals surface area contributed by atoms with Crippen LogP contribution in [0.3, 0.4) is 0 Å². The third kappa shape index (κ3) is 3.87. The van der Waals surface area contributed by atoms with Gasteiger partial charge in [-0.15, -0.1) is 0 Å². The van der Waals surface area contributed by atoms with Gasteiger partial charge in [0.1, 0.15) is 6.04 Å². The number of carbonyl (C=O) groups is 1. The van der Waals surface area contributed by atoms with Crippen LogP contribution in [-0.4, -0.2) is 19.1 Å². The normalized spacial score (nSPS) is 12.5. The van der Waals surface area contributed by atoms with E-state index < -0.39 is 0 Å². The minimum absolute atomic E-state index is 0.198. The Kier molecular flexibility index (Phi) is 5.35. The van der Waals surface area contributed by atoms with Crippen LogP contribution in [0.25, 0.3) is 0 Å². The minimum Gasteiger partial charge on any atom is -0.468 e. The smallest absolute Gasteiger partial charge is 0.323 e. The Hall–Kier alpha value is -1.00. The molecule has 0 bridgehead atoms. The molecule has 1 rings (SSSR count). The van der Waals surface area contributed by atoms with Crippen molar-refractivity contribution in [2.75, 3.05) is 7.11 Å². The molecule has 0 radical (unpaired) electrons. The van der Waals surface area contributed by atoms with Crippen molar-refractivity contribution < 1.29 is 9.53 Å². The lowest BCUT2D eigenvalue weighted by Gasteiger charge is -2.18. The molecule has 0 aliphatic heterocycles. The molecule has 0 aliphatic carbocycles. The summed E-state index contributed by atoms with van der Waals surface area (Å²) in [5, 5.41) is 0. The number of esters is 1. The molecule has 1 atom stereocenters. The molecular weight excluding hydrogens is 222 g/mol. The van der Waals surface area contributed by atoms with Gasteiger partial charge in [-0.3, -0.25) is 4.79 Å². The van der Waals surface area contributed by atoms with Crippen LogP contribution in [-0.2, 0) is 9.53 Å². The SMILES string of the molecule is COC(=O)[C@@H](NSc1ccccc1)C(C)C. The highest BCUT2D eigenvalue weighted by Gasteiger charge is 2.22. The molecule has 0 unspecified atom stereocenters. The van der Waals surface area contributed by atoms with E-state index in [2.05, 4.69) is 4.72 Å². The van der Waals surface area contributed by atoms with Crippen molar-refractivity contribution in [2.24, 2.45) is 5.92 Å². The molecule has 0 saturated carbocycles. The second kappa shape index (κ2) is 6.55. The number of ether oxygens (including phenoxy) is 1. The van der Waals surface area contributed by atoms with E-state index in [-0.39, 0.29) is 17.9 Å². The summed E-state index contributed by atoms with van der Waals surface area (Å²) in [7, 11) is 1.41. The number of hydrogen-bond acceptors (Lipinski definition) is 4. The topological polar surface area (TPSA) is 38.3 Å². The zero-order chi connectivity index (χ0) is 12.0. The van der Waals surface area contributed by atoms with Gasteiger partial charge >= 0.3 is 5.97 Å². The molecule has 1 aromatic carbocycles. The lowest BCUT2D eigenvalue weighted by Crippen LogP contribution is -2.37. The maximum atomic E-state index is 11.5. The summed E-state index contributed by atoms with van der Waals surface area (Å²) in [6.07, 6.45) is 0. The zero-order valence-corrected chi connectivity index (χ0v) is 10.6. The van der Waals surface area contributed by atoms with Gasteiger partial charge < -0.3 is 4.74 Å². The van der Waals surface area contributed by atoms with Gasteiger partial charge in [-0.1, -0.05) is 32.0 Å². The van der Waals surface area contributed by atoms with E-state index in [9.17, 15) is 4.79 Å². The summed E-state index contributed by atoms with van der Waals surface area (Å²) in [4.78, 5) is 12.6. The van der Waals surface area contributed by atoms with Crippen LogP contribution < -0.4 is 4.72 Å². The number of carbonyl (C=O) groups excluding carboxylic acids is 1. The third-order valence-electron chi connectivity index (χ3n) is 2.17. The molecule has 0 aliphatic rings. The molecule has 16 heavy (non-hydrogen) atoms. The highest BCUT2D eigenvalue weighted by Crippen LogP contribution is 2.16. The Labute approximate surface area is 101 Å². The van der Waals surface area contributed by atoms with Crippen LogP contribution in [0, 0.1) is 5.92 Å². The van der Waals surface area contributed by atoms with E-state index in [1.54, 1.807) is 0 Å². The lowest BCUT2D eigenvalue weighted by atomic mass is 10.1. The third-order valence-corrected chi connectivity index (χ3v) is 3.05. The number of hydrogen-bond donors (Lipinski definition) is 1. The predicted octanol–water partition coefficient (Wildman–Crippen LogP) is 2.48. The molecule has 0 saturated heterocycles. The minimum atomic E-state index is -0.282. The maximum Gasteiger partial charge on any atom is 0.323 e. The molecule has 88 valence electrons. The summed E-state index contributed by atoms with van der Waals surface area (Å²) in [6, 6.07) is 9.59. The summed E-state index contributed by atoms with van der Waals surface area (Å²) < 4.78 is 7.88. The summed E-state index contributed by atoms with van der Waals surface area (Å²) in [5.41, 5.74) is 0. The van der Waals surface area contributed by atoms with Gasteiger partial charge in [-0.2, -0.15) is 0 Å². The molecular formula is C12H17NO2S. The average Bonchev–Trinajstić information content (AvgIpc) is 2.30. The number of nitrogens with one attached hydrogen (secondary N) is 1. The first kappa shape index (κ1) is 13.1. The standard InChI is InChI=1S/C12H17NO2S/c1-9(2)11(12(14)15-3)13-16-10-7-5-4-6-8-10/h4-9,11,13H,1-3H3/t11-/m0/s1. The largest absolute Gasteiger partial charge is 0.468 e. The molecule has 0 fully saturated rings. The van der Waals surface area contributed by atoms with E-state index in [0.717, 1.165) is 4.90 Å². The van der Waals surface area contributed by atoms with E-state index in [0.29, 0.717) is 0 Å². The second-order valence-corrected chi connectivity index (χ2v) is 4.69. The van der Waals surface area contributed by atoms with Crippen LogP contribution in [0.1, 0.15) is 13.8 Å². The fraction of sp³-hybridized carbons (Fsp3) is 0.417. The fourth-order valence-corrected chi connectivity index (χ4v) is 2.13. The molecule has 0 heterocycles. The van der Waals surface area contributed by atoms with Crippen molar-refractivity contribution in [1.82, 2.24) is 4.72 Å². The van der Waals surface area contributed by atoms with E-state index in [1.165, 1.54) is 19.1 Å². The second-order valence-electron chi connectivity index (χ2n) is 3.78. The first-order chi connectivity index (χ1) is 7.65. The monoisotopic (exact) mass is 239 g/mol. The molecule has 4 heteroatoms. The van der Waals surface area contributed by atoms with Crippen LogP contribution in [0.2, 0.25) is 0 Å². The molecule has 1 N–H and O–H groups in total. The van der Waals surface area contributed by atoms with Gasteiger partial charge in [0, 0.05) is 4.90 Å². The van der Waals surface area contributed by atoms with Crippen molar-refractivity contribution in [3.8, 4) is 0 Å². The van der Waals surface area contributed by atoms with Crippen LogP contribution in [0.4, 0.5) is 0 Å². The Morgan fingerprint density at radius 2 is 1.94 bits per heavy atom. The number of methoxy groups -OCH3 is 1. The van der Waals surface area contributed by atoms with Crippen LogP contribution in [0.5, 0.6) is 0 Å². The van der Waals surface area contributed by atoms with Gasteiger partial charge in [0.15, 0.2) is 0 Å². The van der Waals surface area contributed by atoms with Gasteiger partial charge in [-0.25, -0.2) is 4.72 Å². The molecule has 0 spiro atoms. The van der Waals surface area contributed by atoms with Gasteiger partial charge in [0.25, 0.3) is 0 Å². The number of benzene rings is 1. The first-order valence-corrected chi connectivity index (χ1v) is 6.02. The maximum absolute atomic E-state index is 11.5. The fourth-order valence-electron chi connectivity index (χ4n) is 1.20. The van der Waals surface area contributed by atoms with E-state index in [1.807, 2.05) is 44.2 Å². The Morgan fingerprint density at radius 3 is 2.44 bits per heavy atom. The number of rotatable bonds is 5.